The predicted octanol–water partition coefficient (Wildman–Crippen LogP) is 5.91. The maximum absolute atomic E-state index is 13.5. The number of pyridine rings is 1. The minimum atomic E-state index is -3.45. The zero-order valence-corrected chi connectivity index (χ0v) is 22.1. The van der Waals surface area contributed by atoms with Gasteiger partial charge < -0.3 is 5.32 Å². The number of nitrogens with one attached hydrogen (secondary N) is 1. The third-order valence-corrected chi connectivity index (χ3v) is 7.39. The van der Waals surface area contributed by atoms with Gasteiger partial charge in [0.2, 0.25) is 0 Å². The van der Waals surface area contributed by atoms with Crippen LogP contribution in [-0.4, -0.2) is 43.6 Å². The highest BCUT2D eigenvalue weighted by molar-refractivity contribution is 7.90. The molecule has 0 fully saturated rings. The van der Waals surface area contributed by atoms with Crippen LogP contribution in [0, 0.1) is 0 Å². The van der Waals surface area contributed by atoms with Crippen molar-refractivity contribution < 1.29 is 13.2 Å². The van der Waals surface area contributed by atoms with E-state index in [1.165, 1.54) is 12.3 Å². The van der Waals surface area contributed by atoms with Crippen LogP contribution in [0.5, 0.6) is 0 Å². The van der Waals surface area contributed by atoms with E-state index in [-0.39, 0.29) is 10.8 Å². The van der Waals surface area contributed by atoms with Crippen molar-refractivity contribution in [1.82, 2.24) is 9.88 Å². The summed E-state index contributed by atoms with van der Waals surface area (Å²) >= 11 is 0. The molecule has 0 radical (unpaired) electrons. The van der Waals surface area contributed by atoms with E-state index in [4.69, 9.17) is 0 Å². The summed E-state index contributed by atoms with van der Waals surface area (Å²) in [5, 5.41) is 2.98. The molecule has 0 aliphatic heterocycles. The molecule has 1 N–H and O–H groups in total. The molecule has 0 unspecified atom stereocenters. The summed E-state index contributed by atoms with van der Waals surface area (Å²) in [5.41, 5.74) is 5.18. The monoisotopic (exact) mass is 513 g/mol. The van der Waals surface area contributed by atoms with Gasteiger partial charge in [-0.3, -0.25) is 14.7 Å². The van der Waals surface area contributed by atoms with Gasteiger partial charge in [0.05, 0.1) is 10.6 Å². The molecule has 0 saturated carbocycles. The number of carbonyl (C=O) groups excluding carboxylic acids is 1. The minimum Gasteiger partial charge on any atom is -0.322 e. The van der Waals surface area contributed by atoms with Crippen molar-refractivity contribution in [3.05, 3.63) is 102 Å². The fourth-order valence-electron chi connectivity index (χ4n) is 4.22. The molecule has 1 heterocycles. The van der Waals surface area contributed by atoms with Crippen LogP contribution in [0.4, 0.5) is 5.69 Å². The number of aromatic nitrogens is 1. The van der Waals surface area contributed by atoms with Gasteiger partial charge in [0.15, 0.2) is 9.84 Å². The molecule has 0 bridgehead atoms. The SMILES string of the molecule is CCN(CC)Cc1cccc(-c2cc(S(C)(=O)=O)ccc2C(=O)Nc2cccc(-c3ccccn3)c2)c1. The molecule has 0 aliphatic rings. The van der Waals surface area contributed by atoms with Crippen LogP contribution in [0.3, 0.4) is 0 Å². The van der Waals surface area contributed by atoms with Crippen LogP contribution in [-0.2, 0) is 16.4 Å². The summed E-state index contributed by atoms with van der Waals surface area (Å²) in [6.07, 6.45) is 2.90. The maximum Gasteiger partial charge on any atom is 0.256 e. The maximum atomic E-state index is 13.5. The van der Waals surface area contributed by atoms with E-state index < -0.39 is 9.84 Å². The van der Waals surface area contributed by atoms with Crippen molar-refractivity contribution in [1.29, 1.82) is 0 Å². The summed E-state index contributed by atoms with van der Waals surface area (Å²) < 4.78 is 24.7. The summed E-state index contributed by atoms with van der Waals surface area (Å²) in [6.45, 7) is 6.86. The zero-order chi connectivity index (χ0) is 26.4. The van der Waals surface area contributed by atoms with E-state index in [9.17, 15) is 13.2 Å². The molecule has 1 amide bonds. The third kappa shape index (κ3) is 6.50. The number of anilines is 1. The summed E-state index contributed by atoms with van der Waals surface area (Å²) in [7, 11) is -3.45. The first kappa shape index (κ1) is 26.3. The smallest absolute Gasteiger partial charge is 0.256 e. The average Bonchev–Trinajstić information content (AvgIpc) is 2.91. The van der Waals surface area contributed by atoms with Gasteiger partial charge in [0, 0.05) is 35.8 Å². The van der Waals surface area contributed by atoms with E-state index in [1.807, 2.05) is 66.7 Å². The normalized spacial score (nSPS) is 11.5. The molecule has 3 aromatic carbocycles. The molecular weight excluding hydrogens is 482 g/mol. The van der Waals surface area contributed by atoms with Gasteiger partial charge in [0.1, 0.15) is 0 Å². The third-order valence-electron chi connectivity index (χ3n) is 6.28. The second-order valence-corrected chi connectivity index (χ2v) is 10.9. The Bertz CT molecular complexity index is 1500. The lowest BCUT2D eigenvalue weighted by Crippen LogP contribution is -2.22. The molecule has 7 heteroatoms. The van der Waals surface area contributed by atoms with Crippen molar-refractivity contribution in [2.75, 3.05) is 24.7 Å². The van der Waals surface area contributed by atoms with Gasteiger partial charge in [0.25, 0.3) is 5.91 Å². The lowest BCUT2D eigenvalue weighted by molar-refractivity contribution is 0.102. The molecule has 0 aliphatic carbocycles. The van der Waals surface area contributed by atoms with Gasteiger partial charge in [-0.1, -0.05) is 50.2 Å². The van der Waals surface area contributed by atoms with Gasteiger partial charge in [-0.15, -0.1) is 0 Å². The number of benzene rings is 3. The molecule has 190 valence electrons. The van der Waals surface area contributed by atoms with Crippen LogP contribution in [0.25, 0.3) is 22.4 Å². The van der Waals surface area contributed by atoms with Crippen LogP contribution in [0.2, 0.25) is 0 Å². The topological polar surface area (TPSA) is 79.4 Å². The van der Waals surface area contributed by atoms with Crippen LogP contribution < -0.4 is 5.32 Å². The number of nitrogens with zero attached hydrogens (tertiary/aromatic N) is 2. The Balaban J connectivity index is 1.71. The second kappa shape index (κ2) is 11.5. The average molecular weight is 514 g/mol. The van der Waals surface area contributed by atoms with E-state index in [0.717, 1.165) is 42.0 Å². The first-order valence-electron chi connectivity index (χ1n) is 12.3. The standard InChI is InChI=1S/C30H31N3O3S/c1-4-33(5-2)21-22-10-8-11-23(18-22)28-20-26(37(3,35)36)15-16-27(28)30(34)32-25-13-9-12-24(19-25)29-14-6-7-17-31-29/h6-20H,4-5,21H2,1-3H3,(H,32,34). The highest BCUT2D eigenvalue weighted by Crippen LogP contribution is 2.29. The number of hydrogen-bond donors (Lipinski definition) is 1. The Labute approximate surface area is 218 Å². The summed E-state index contributed by atoms with van der Waals surface area (Å²) in [4.78, 5) is 20.3. The number of amides is 1. The number of carbonyl (C=O) groups is 1. The van der Waals surface area contributed by atoms with Gasteiger partial charge in [-0.25, -0.2) is 8.42 Å². The molecule has 37 heavy (non-hydrogen) atoms. The largest absolute Gasteiger partial charge is 0.322 e. The molecule has 1 aromatic heterocycles. The number of rotatable bonds is 9. The molecule has 6 nitrogen and oxygen atoms in total. The lowest BCUT2D eigenvalue weighted by atomic mass is 9.97. The highest BCUT2D eigenvalue weighted by Gasteiger charge is 2.18. The van der Waals surface area contributed by atoms with Crippen molar-refractivity contribution in [2.45, 2.75) is 25.3 Å². The lowest BCUT2D eigenvalue weighted by Gasteiger charge is -2.19. The Morgan fingerprint density at radius 3 is 2.32 bits per heavy atom. The second-order valence-electron chi connectivity index (χ2n) is 8.89. The van der Waals surface area contributed by atoms with Crippen molar-refractivity contribution >= 4 is 21.4 Å². The highest BCUT2D eigenvalue weighted by atomic mass is 32.2. The number of sulfone groups is 1. The van der Waals surface area contributed by atoms with Crippen LogP contribution >= 0.6 is 0 Å². The fourth-order valence-corrected chi connectivity index (χ4v) is 4.87. The van der Waals surface area contributed by atoms with E-state index in [1.54, 1.807) is 18.3 Å². The van der Waals surface area contributed by atoms with Crippen molar-refractivity contribution in [3.8, 4) is 22.4 Å². The Morgan fingerprint density at radius 1 is 0.865 bits per heavy atom. The zero-order valence-electron chi connectivity index (χ0n) is 21.3. The first-order chi connectivity index (χ1) is 17.8. The molecule has 4 rings (SSSR count). The molecule has 4 aromatic rings. The van der Waals surface area contributed by atoms with Crippen molar-refractivity contribution in [2.24, 2.45) is 0 Å². The van der Waals surface area contributed by atoms with Crippen molar-refractivity contribution in [3.63, 3.8) is 0 Å². The Kier molecular flexibility index (Phi) is 8.16. The van der Waals surface area contributed by atoms with E-state index in [0.29, 0.717) is 16.8 Å². The van der Waals surface area contributed by atoms with Gasteiger partial charge >= 0.3 is 0 Å². The van der Waals surface area contributed by atoms with Gasteiger partial charge in [-0.05, 0) is 78.3 Å². The van der Waals surface area contributed by atoms with Crippen LogP contribution in [0.1, 0.15) is 29.8 Å². The predicted molar refractivity (Wildman–Crippen MR) is 149 cm³/mol. The Morgan fingerprint density at radius 2 is 1.62 bits per heavy atom. The van der Waals surface area contributed by atoms with E-state index in [2.05, 4.69) is 29.0 Å². The molecule has 0 saturated heterocycles. The van der Waals surface area contributed by atoms with E-state index >= 15 is 0 Å². The van der Waals surface area contributed by atoms with Crippen LogP contribution in [0.15, 0.2) is 96.0 Å². The quantitative estimate of drug-likeness (QED) is 0.301. The van der Waals surface area contributed by atoms with Gasteiger partial charge in [-0.2, -0.15) is 0 Å². The molecular formula is C30H31N3O3S. The molecule has 0 spiro atoms. The minimum absolute atomic E-state index is 0.172. The fraction of sp³-hybridized carbons (Fsp3) is 0.200. The summed E-state index contributed by atoms with van der Waals surface area (Å²) in [5.74, 6) is -0.317. The number of hydrogen-bond acceptors (Lipinski definition) is 5. The first-order valence-corrected chi connectivity index (χ1v) is 14.2. The Hall–Kier alpha value is -3.81. The summed E-state index contributed by atoms with van der Waals surface area (Å²) in [6, 6.07) is 25.8. The molecule has 0 atom stereocenters.